The summed E-state index contributed by atoms with van der Waals surface area (Å²) in [5.41, 5.74) is 0. The van der Waals surface area contributed by atoms with E-state index in [0.29, 0.717) is 25.0 Å². The molecule has 0 radical (unpaired) electrons. The highest BCUT2D eigenvalue weighted by atomic mass is 32.2. The van der Waals surface area contributed by atoms with E-state index in [2.05, 4.69) is 32.3 Å². The molecule has 1 fully saturated rings. The predicted octanol–water partition coefficient (Wildman–Crippen LogP) is -0.161. The van der Waals surface area contributed by atoms with Gasteiger partial charge in [0.1, 0.15) is 0 Å². The Morgan fingerprint density at radius 3 is 2.56 bits per heavy atom. The number of sulfonamides is 1. The first-order valence-electron chi connectivity index (χ1n) is 9.06. The van der Waals surface area contributed by atoms with E-state index in [9.17, 15) is 8.42 Å². The van der Waals surface area contributed by atoms with Gasteiger partial charge in [-0.25, -0.2) is 13.1 Å². The fourth-order valence-electron chi connectivity index (χ4n) is 2.49. The number of rotatable bonds is 13. The molecular weight excluding hydrogens is 342 g/mol. The van der Waals surface area contributed by atoms with Gasteiger partial charge in [-0.3, -0.25) is 4.99 Å². The Hall–Kier alpha value is -0.900. The van der Waals surface area contributed by atoms with Gasteiger partial charge in [-0.1, -0.05) is 6.42 Å². The van der Waals surface area contributed by atoms with Crippen molar-refractivity contribution in [3.63, 3.8) is 0 Å². The van der Waals surface area contributed by atoms with E-state index < -0.39 is 10.0 Å². The van der Waals surface area contributed by atoms with E-state index >= 15 is 0 Å². The van der Waals surface area contributed by atoms with E-state index in [1.807, 2.05) is 0 Å². The maximum absolute atomic E-state index is 11.9. The molecule has 0 aromatic rings. The fraction of sp³-hybridized carbons (Fsp3) is 0.938. The minimum absolute atomic E-state index is 0.0529. The molecule has 0 aromatic heterocycles. The monoisotopic (exact) mass is 377 g/mol. The lowest BCUT2D eigenvalue weighted by molar-refractivity contribution is 0.180. The molecular formula is C16H35N5O3S. The molecule has 0 aliphatic heterocycles. The van der Waals surface area contributed by atoms with Crippen molar-refractivity contribution in [2.24, 2.45) is 10.9 Å². The second kappa shape index (κ2) is 12.5. The Balaban J connectivity index is 2.12. The Kier molecular flexibility index (Phi) is 11.0. The minimum Gasteiger partial charge on any atom is -0.385 e. The molecule has 0 spiro atoms. The van der Waals surface area contributed by atoms with Gasteiger partial charge < -0.3 is 20.3 Å². The molecule has 1 rings (SSSR count). The van der Waals surface area contributed by atoms with Crippen LogP contribution < -0.4 is 15.4 Å². The number of nitrogens with zero attached hydrogens (tertiary/aromatic N) is 2. The summed E-state index contributed by atoms with van der Waals surface area (Å²) in [7, 11) is 2.23. The summed E-state index contributed by atoms with van der Waals surface area (Å²) in [4.78, 5) is 6.33. The second-order valence-corrected chi connectivity index (χ2v) is 8.47. The number of ether oxygens (including phenoxy) is 1. The summed E-state index contributed by atoms with van der Waals surface area (Å²) >= 11 is 0. The highest BCUT2D eigenvalue weighted by Gasteiger charge is 2.20. The van der Waals surface area contributed by atoms with Crippen molar-refractivity contribution >= 4 is 16.0 Å². The van der Waals surface area contributed by atoms with Crippen LogP contribution in [-0.2, 0) is 14.8 Å². The number of guanidine groups is 1. The van der Waals surface area contributed by atoms with E-state index in [4.69, 9.17) is 4.74 Å². The topological polar surface area (TPSA) is 95.1 Å². The zero-order valence-electron chi connectivity index (χ0n) is 15.9. The van der Waals surface area contributed by atoms with Crippen LogP contribution in [0.15, 0.2) is 4.99 Å². The van der Waals surface area contributed by atoms with Crippen LogP contribution in [0.2, 0.25) is 0 Å². The largest absolute Gasteiger partial charge is 0.385 e. The number of methoxy groups -OCH3 is 1. The molecule has 0 bridgehead atoms. The van der Waals surface area contributed by atoms with Gasteiger partial charge in [0.2, 0.25) is 10.0 Å². The van der Waals surface area contributed by atoms with E-state index in [0.717, 1.165) is 45.5 Å². The molecule has 1 aliphatic carbocycles. The summed E-state index contributed by atoms with van der Waals surface area (Å²) in [5.74, 6) is 1.20. The van der Waals surface area contributed by atoms with Gasteiger partial charge in [-0.2, -0.15) is 0 Å². The van der Waals surface area contributed by atoms with Crippen molar-refractivity contribution in [1.29, 1.82) is 0 Å². The van der Waals surface area contributed by atoms with E-state index in [1.54, 1.807) is 14.2 Å². The van der Waals surface area contributed by atoms with Crippen LogP contribution in [0.1, 0.15) is 25.7 Å². The van der Waals surface area contributed by atoms with Crippen molar-refractivity contribution < 1.29 is 13.2 Å². The zero-order chi connectivity index (χ0) is 18.5. The molecule has 8 nitrogen and oxygen atoms in total. The van der Waals surface area contributed by atoms with Gasteiger partial charge in [0.15, 0.2) is 5.96 Å². The van der Waals surface area contributed by atoms with Crippen molar-refractivity contribution in [2.75, 3.05) is 66.3 Å². The zero-order valence-corrected chi connectivity index (χ0v) is 16.7. The second-order valence-electron chi connectivity index (χ2n) is 6.54. The summed E-state index contributed by atoms with van der Waals surface area (Å²) in [5, 5.41) is 6.24. The number of likely N-dealkylation sites (N-methyl/N-ethyl adjacent to an activating group) is 1. The van der Waals surface area contributed by atoms with Gasteiger partial charge in [-0.15, -0.1) is 0 Å². The number of hydrogen-bond donors (Lipinski definition) is 3. The van der Waals surface area contributed by atoms with Crippen LogP contribution in [0, 0.1) is 5.92 Å². The Morgan fingerprint density at radius 1 is 1.24 bits per heavy atom. The third-order valence-corrected chi connectivity index (χ3v) is 5.73. The Labute approximate surface area is 152 Å². The fourth-order valence-corrected chi connectivity index (χ4v) is 3.50. The van der Waals surface area contributed by atoms with Crippen LogP contribution in [0.4, 0.5) is 0 Å². The van der Waals surface area contributed by atoms with Crippen molar-refractivity contribution in [1.82, 2.24) is 20.3 Å². The molecule has 0 heterocycles. The molecule has 25 heavy (non-hydrogen) atoms. The maximum atomic E-state index is 11.9. The van der Waals surface area contributed by atoms with E-state index in [1.165, 1.54) is 6.42 Å². The maximum Gasteiger partial charge on any atom is 0.213 e. The highest BCUT2D eigenvalue weighted by Crippen LogP contribution is 2.25. The molecule has 0 amide bonds. The van der Waals surface area contributed by atoms with Crippen LogP contribution >= 0.6 is 0 Å². The number of hydrogen-bond acceptors (Lipinski definition) is 5. The molecule has 0 aromatic carbocycles. The molecule has 148 valence electrons. The van der Waals surface area contributed by atoms with Gasteiger partial charge >= 0.3 is 0 Å². The van der Waals surface area contributed by atoms with Crippen molar-refractivity contribution in [3.05, 3.63) is 0 Å². The molecule has 0 saturated heterocycles. The van der Waals surface area contributed by atoms with Gasteiger partial charge in [0.25, 0.3) is 0 Å². The molecule has 0 unspecified atom stereocenters. The SMILES string of the molecule is CN=C(NCCN(C)CCCOC)NCCS(=O)(=O)NCC1CCC1. The first-order chi connectivity index (χ1) is 12.0. The minimum atomic E-state index is -3.22. The quantitative estimate of drug-likeness (QED) is 0.235. The molecule has 1 saturated carbocycles. The first kappa shape index (κ1) is 22.1. The summed E-state index contributed by atoms with van der Waals surface area (Å²) < 4.78 is 31.6. The summed E-state index contributed by atoms with van der Waals surface area (Å²) in [6.07, 6.45) is 4.50. The van der Waals surface area contributed by atoms with Crippen LogP contribution in [0.25, 0.3) is 0 Å². The molecule has 1 aliphatic rings. The predicted molar refractivity (Wildman–Crippen MR) is 102 cm³/mol. The Morgan fingerprint density at radius 2 is 1.96 bits per heavy atom. The van der Waals surface area contributed by atoms with Gasteiger partial charge in [0.05, 0.1) is 5.75 Å². The van der Waals surface area contributed by atoms with Crippen molar-refractivity contribution in [2.45, 2.75) is 25.7 Å². The smallest absolute Gasteiger partial charge is 0.213 e. The first-order valence-corrected chi connectivity index (χ1v) is 10.7. The Bertz CT molecular complexity index is 480. The van der Waals surface area contributed by atoms with Crippen LogP contribution in [0.5, 0.6) is 0 Å². The molecule has 3 N–H and O–H groups in total. The number of aliphatic imine (C=N–C) groups is 1. The average molecular weight is 378 g/mol. The summed E-state index contributed by atoms with van der Waals surface area (Å²) in [6.45, 7) is 4.28. The standard InChI is InChI=1S/C16H35N5O3S/c1-17-16(18-8-11-21(2)10-5-12-24-3)19-9-13-25(22,23)20-14-15-6-4-7-15/h15,20H,4-14H2,1-3H3,(H2,17,18,19). The third-order valence-electron chi connectivity index (χ3n) is 4.38. The van der Waals surface area contributed by atoms with Crippen LogP contribution in [0.3, 0.4) is 0 Å². The normalized spacial score (nSPS) is 16.1. The molecule has 0 atom stereocenters. The lowest BCUT2D eigenvalue weighted by atomic mass is 9.86. The summed E-state index contributed by atoms with van der Waals surface area (Å²) in [6, 6.07) is 0. The molecule has 9 heteroatoms. The van der Waals surface area contributed by atoms with Gasteiger partial charge in [-0.05, 0) is 32.2 Å². The lowest BCUT2D eigenvalue weighted by Gasteiger charge is -2.25. The highest BCUT2D eigenvalue weighted by molar-refractivity contribution is 7.89. The van der Waals surface area contributed by atoms with Gasteiger partial charge in [0, 0.05) is 53.5 Å². The number of nitrogens with one attached hydrogen (secondary N) is 3. The van der Waals surface area contributed by atoms with Crippen molar-refractivity contribution in [3.8, 4) is 0 Å². The van der Waals surface area contributed by atoms with E-state index in [-0.39, 0.29) is 5.75 Å². The third kappa shape index (κ3) is 10.6. The lowest BCUT2D eigenvalue weighted by Crippen LogP contribution is -2.44. The van der Waals surface area contributed by atoms with Crippen LogP contribution in [-0.4, -0.2) is 85.6 Å². The average Bonchev–Trinajstić information content (AvgIpc) is 2.52.